The van der Waals surface area contributed by atoms with Gasteiger partial charge in [-0.1, -0.05) is 0 Å². The lowest BCUT2D eigenvalue weighted by Gasteiger charge is -2.19. The molecule has 1 aromatic rings. The Hall–Kier alpha value is -2.31. The van der Waals surface area contributed by atoms with E-state index in [1.165, 1.54) is 26.4 Å². The molecule has 110 valence electrons. The minimum atomic E-state index is -0.464. The maximum atomic E-state index is 11.0. The Morgan fingerprint density at radius 2 is 2.05 bits per heavy atom. The molecular formula is C13H18N2O5. The van der Waals surface area contributed by atoms with Gasteiger partial charge in [0, 0.05) is 37.8 Å². The third-order valence-electron chi connectivity index (χ3n) is 2.87. The molecule has 0 radical (unpaired) electrons. The zero-order valence-electron chi connectivity index (χ0n) is 11.8. The number of ether oxygens (including phenoxy) is 2. The van der Waals surface area contributed by atoms with Crippen molar-refractivity contribution >= 4 is 17.3 Å². The fourth-order valence-corrected chi connectivity index (χ4v) is 1.70. The average molecular weight is 282 g/mol. The van der Waals surface area contributed by atoms with Gasteiger partial charge in [-0.25, -0.2) is 0 Å². The van der Waals surface area contributed by atoms with Gasteiger partial charge in [-0.2, -0.15) is 0 Å². The molecule has 0 aromatic heterocycles. The van der Waals surface area contributed by atoms with Crippen molar-refractivity contribution in [1.29, 1.82) is 0 Å². The van der Waals surface area contributed by atoms with E-state index in [-0.39, 0.29) is 11.7 Å². The minimum absolute atomic E-state index is 0.0285. The fraction of sp³-hybridized carbons (Fsp3) is 0.462. The van der Waals surface area contributed by atoms with Gasteiger partial charge in [0.2, 0.25) is 0 Å². The molecule has 0 bridgehead atoms. The van der Waals surface area contributed by atoms with E-state index in [0.29, 0.717) is 30.8 Å². The van der Waals surface area contributed by atoms with Crippen molar-refractivity contribution in [2.75, 3.05) is 32.7 Å². The van der Waals surface area contributed by atoms with Gasteiger partial charge in [-0.05, 0) is 6.42 Å². The zero-order chi connectivity index (χ0) is 15.1. The summed E-state index contributed by atoms with van der Waals surface area (Å²) in [6, 6.07) is 4.55. The maximum absolute atomic E-state index is 11.0. The molecule has 0 saturated carbocycles. The molecule has 0 saturated heterocycles. The number of carbonyl (C=O) groups is 1. The quantitative estimate of drug-likeness (QED) is 0.432. The Bertz CT molecular complexity index is 490. The average Bonchev–Trinajstić information content (AvgIpc) is 2.46. The first-order chi connectivity index (χ1) is 9.47. The summed E-state index contributed by atoms with van der Waals surface area (Å²) in [5.74, 6) is 0.157. The van der Waals surface area contributed by atoms with E-state index < -0.39 is 4.92 Å². The fourth-order valence-electron chi connectivity index (χ4n) is 1.70. The summed E-state index contributed by atoms with van der Waals surface area (Å²) >= 11 is 0. The first kappa shape index (κ1) is 15.7. The molecule has 20 heavy (non-hydrogen) atoms. The summed E-state index contributed by atoms with van der Waals surface area (Å²) in [5.41, 5.74) is 0.639. The van der Waals surface area contributed by atoms with Crippen LogP contribution in [-0.2, 0) is 9.53 Å². The second kappa shape index (κ2) is 7.32. The Morgan fingerprint density at radius 3 is 2.60 bits per heavy atom. The van der Waals surface area contributed by atoms with Crippen LogP contribution in [0.15, 0.2) is 18.2 Å². The summed E-state index contributed by atoms with van der Waals surface area (Å²) in [6.07, 6.45) is 0.918. The van der Waals surface area contributed by atoms with Crippen molar-refractivity contribution in [2.45, 2.75) is 12.8 Å². The van der Waals surface area contributed by atoms with Crippen LogP contribution in [0.4, 0.5) is 11.4 Å². The molecule has 0 N–H and O–H groups in total. The summed E-state index contributed by atoms with van der Waals surface area (Å²) in [6.45, 7) is 0.583. The number of nitro groups is 1. The van der Waals surface area contributed by atoms with Crippen LogP contribution < -0.4 is 9.64 Å². The minimum Gasteiger partial charge on any atom is -0.496 e. The molecule has 0 aliphatic carbocycles. The number of methoxy groups -OCH3 is 2. The second-order valence-corrected chi connectivity index (χ2v) is 4.25. The summed E-state index contributed by atoms with van der Waals surface area (Å²) < 4.78 is 9.61. The van der Waals surface area contributed by atoms with Crippen LogP contribution in [0.25, 0.3) is 0 Å². The maximum Gasteiger partial charge on any atom is 0.305 e. The Balaban J connectivity index is 2.76. The number of nitro benzene ring substituents is 1. The molecule has 1 aromatic carbocycles. The molecule has 0 unspecified atom stereocenters. The number of nitrogens with zero attached hydrogens (tertiary/aromatic N) is 2. The monoisotopic (exact) mass is 282 g/mol. The van der Waals surface area contributed by atoms with Crippen LogP contribution in [0.3, 0.4) is 0 Å². The van der Waals surface area contributed by atoms with Crippen LogP contribution in [0.1, 0.15) is 12.8 Å². The molecule has 7 nitrogen and oxygen atoms in total. The molecule has 0 aliphatic heterocycles. The van der Waals surface area contributed by atoms with Crippen molar-refractivity contribution in [3.8, 4) is 5.75 Å². The third kappa shape index (κ3) is 4.42. The van der Waals surface area contributed by atoms with Crippen molar-refractivity contribution in [3.05, 3.63) is 28.3 Å². The van der Waals surface area contributed by atoms with E-state index in [0.717, 1.165) is 0 Å². The van der Waals surface area contributed by atoms with Crippen molar-refractivity contribution in [2.24, 2.45) is 0 Å². The third-order valence-corrected chi connectivity index (χ3v) is 2.87. The van der Waals surface area contributed by atoms with Gasteiger partial charge >= 0.3 is 5.97 Å². The van der Waals surface area contributed by atoms with Crippen LogP contribution in [0, 0.1) is 10.1 Å². The normalized spacial score (nSPS) is 9.95. The van der Waals surface area contributed by atoms with Crippen molar-refractivity contribution < 1.29 is 19.2 Å². The van der Waals surface area contributed by atoms with Gasteiger partial charge in [0.05, 0.1) is 25.2 Å². The second-order valence-electron chi connectivity index (χ2n) is 4.25. The van der Waals surface area contributed by atoms with Crippen molar-refractivity contribution in [3.63, 3.8) is 0 Å². The van der Waals surface area contributed by atoms with Gasteiger partial charge in [0.25, 0.3) is 5.69 Å². The Kier molecular flexibility index (Phi) is 5.76. The molecule has 0 aliphatic rings. The van der Waals surface area contributed by atoms with E-state index in [2.05, 4.69) is 4.74 Å². The Morgan fingerprint density at radius 1 is 1.35 bits per heavy atom. The van der Waals surface area contributed by atoms with Crippen LogP contribution in [0.2, 0.25) is 0 Å². The van der Waals surface area contributed by atoms with E-state index in [9.17, 15) is 14.9 Å². The highest BCUT2D eigenvalue weighted by atomic mass is 16.6. The highest BCUT2D eigenvalue weighted by Crippen LogP contribution is 2.27. The molecule has 0 spiro atoms. The molecular weight excluding hydrogens is 264 g/mol. The number of anilines is 1. The zero-order valence-corrected chi connectivity index (χ0v) is 11.8. The number of esters is 1. The number of rotatable bonds is 7. The highest BCUT2D eigenvalue weighted by molar-refractivity contribution is 5.69. The van der Waals surface area contributed by atoms with Gasteiger partial charge in [-0.3, -0.25) is 14.9 Å². The smallest absolute Gasteiger partial charge is 0.305 e. The van der Waals surface area contributed by atoms with E-state index in [1.807, 2.05) is 4.90 Å². The van der Waals surface area contributed by atoms with Crippen LogP contribution in [-0.4, -0.2) is 38.7 Å². The summed E-state index contributed by atoms with van der Waals surface area (Å²) in [7, 11) is 4.60. The van der Waals surface area contributed by atoms with Gasteiger partial charge in [0.1, 0.15) is 5.75 Å². The molecule has 7 heteroatoms. The Labute approximate surface area is 117 Å². The van der Waals surface area contributed by atoms with Crippen LogP contribution in [0.5, 0.6) is 5.75 Å². The standard InChI is InChI=1S/C13H18N2O5/c1-14(6-4-5-13(16)20-3)10-7-11(15(17)18)9-12(8-10)19-2/h7-9H,4-6H2,1-3H3. The van der Waals surface area contributed by atoms with E-state index in [4.69, 9.17) is 4.74 Å². The van der Waals surface area contributed by atoms with E-state index >= 15 is 0 Å². The molecule has 0 heterocycles. The van der Waals surface area contributed by atoms with Crippen molar-refractivity contribution in [1.82, 2.24) is 0 Å². The first-order valence-corrected chi connectivity index (χ1v) is 6.09. The van der Waals surface area contributed by atoms with Gasteiger partial charge < -0.3 is 14.4 Å². The largest absolute Gasteiger partial charge is 0.496 e. The SMILES string of the molecule is COC(=O)CCCN(C)c1cc(OC)cc([N+](=O)[O-])c1. The van der Waals surface area contributed by atoms with Gasteiger partial charge in [0.15, 0.2) is 0 Å². The molecule has 0 fully saturated rings. The predicted molar refractivity (Wildman–Crippen MR) is 74.2 cm³/mol. The predicted octanol–water partition coefficient (Wildman–Crippen LogP) is 1.99. The molecule has 1 rings (SSSR count). The molecule has 0 amide bonds. The lowest BCUT2D eigenvalue weighted by molar-refractivity contribution is -0.384. The summed E-state index contributed by atoms with van der Waals surface area (Å²) in [4.78, 5) is 23.2. The highest BCUT2D eigenvalue weighted by Gasteiger charge is 2.13. The number of benzene rings is 1. The number of hydrogen-bond acceptors (Lipinski definition) is 6. The lowest BCUT2D eigenvalue weighted by Crippen LogP contribution is -2.19. The molecule has 0 atom stereocenters. The first-order valence-electron chi connectivity index (χ1n) is 6.09. The number of carbonyl (C=O) groups excluding carboxylic acids is 1. The number of non-ortho nitro benzene ring substituents is 1. The number of hydrogen-bond donors (Lipinski definition) is 0. The van der Waals surface area contributed by atoms with Crippen LogP contribution >= 0.6 is 0 Å². The summed E-state index contributed by atoms with van der Waals surface area (Å²) in [5, 5.41) is 10.9. The topological polar surface area (TPSA) is 81.9 Å². The lowest BCUT2D eigenvalue weighted by atomic mass is 10.2. The van der Waals surface area contributed by atoms with E-state index in [1.54, 1.807) is 13.1 Å². The van der Waals surface area contributed by atoms with Gasteiger partial charge in [-0.15, -0.1) is 0 Å².